The number of hydrogen-bond acceptors (Lipinski definition) is 5. The Labute approximate surface area is 179 Å². The topological polar surface area (TPSA) is 109 Å². The highest BCUT2D eigenvalue weighted by atomic mass is 35.5. The molecule has 0 spiro atoms. The molecule has 0 heterocycles. The number of rotatable bonds is 7. The van der Waals surface area contributed by atoms with Crippen LogP contribution in [0.15, 0.2) is 41.5 Å². The van der Waals surface area contributed by atoms with E-state index < -0.39 is 11.8 Å². The van der Waals surface area contributed by atoms with Crippen molar-refractivity contribution >= 4 is 41.2 Å². The fourth-order valence-electron chi connectivity index (χ4n) is 2.45. The number of likely N-dealkylation sites (N-methyl/N-ethyl adjacent to an activating group) is 1. The van der Waals surface area contributed by atoms with E-state index in [9.17, 15) is 14.4 Å². The number of anilines is 1. The minimum atomic E-state index is -0.867. The highest BCUT2D eigenvalue weighted by Gasteiger charge is 2.11. The first kappa shape index (κ1) is 22.9. The van der Waals surface area contributed by atoms with Gasteiger partial charge in [-0.3, -0.25) is 14.4 Å². The van der Waals surface area contributed by atoms with Gasteiger partial charge in [0.1, 0.15) is 5.75 Å². The molecule has 9 heteroatoms. The Hall–Kier alpha value is -3.39. The van der Waals surface area contributed by atoms with E-state index in [4.69, 9.17) is 16.3 Å². The van der Waals surface area contributed by atoms with Gasteiger partial charge >= 0.3 is 11.8 Å². The van der Waals surface area contributed by atoms with Crippen LogP contribution < -0.4 is 20.8 Å². The molecular weight excluding hydrogens is 408 g/mol. The van der Waals surface area contributed by atoms with Gasteiger partial charge in [-0.15, -0.1) is 0 Å². The molecule has 3 amide bonds. The van der Waals surface area contributed by atoms with E-state index in [0.29, 0.717) is 17.9 Å². The average Bonchev–Trinajstić information content (AvgIpc) is 2.69. The Morgan fingerprint density at radius 2 is 1.87 bits per heavy atom. The minimum Gasteiger partial charge on any atom is -0.482 e. The van der Waals surface area contributed by atoms with Crippen LogP contribution in [0.3, 0.4) is 0 Å². The molecule has 0 radical (unpaired) electrons. The number of amides is 3. The predicted molar refractivity (Wildman–Crippen MR) is 116 cm³/mol. The molecule has 158 valence electrons. The van der Waals surface area contributed by atoms with Gasteiger partial charge in [-0.2, -0.15) is 5.10 Å². The predicted octanol–water partition coefficient (Wildman–Crippen LogP) is 2.56. The van der Waals surface area contributed by atoms with Crippen molar-refractivity contribution in [1.82, 2.24) is 10.7 Å². The fraction of sp³-hybridized carbons (Fsp3) is 0.238. The van der Waals surface area contributed by atoms with Gasteiger partial charge in [0, 0.05) is 12.2 Å². The summed E-state index contributed by atoms with van der Waals surface area (Å²) >= 11 is 6.18. The van der Waals surface area contributed by atoms with E-state index >= 15 is 0 Å². The number of carbonyl (C=O) groups excluding carboxylic acids is 3. The quantitative estimate of drug-likeness (QED) is 0.356. The summed E-state index contributed by atoms with van der Waals surface area (Å²) < 4.78 is 5.48. The van der Waals surface area contributed by atoms with Crippen LogP contribution in [0.1, 0.15) is 23.6 Å². The zero-order chi connectivity index (χ0) is 22.1. The third kappa shape index (κ3) is 6.89. The van der Waals surface area contributed by atoms with Gasteiger partial charge in [0.2, 0.25) is 0 Å². The van der Waals surface area contributed by atoms with Crippen molar-refractivity contribution in [1.29, 1.82) is 0 Å². The molecule has 30 heavy (non-hydrogen) atoms. The molecule has 0 aromatic heterocycles. The van der Waals surface area contributed by atoms with Crippen LogP contribution >= 0.6 is 11.6 Å². The fourth-order valence-corrected chi connectivity index (χ4v) is 2.70. The van der Waals surface area contributed by atoms with E-state index in [1.54, 1.807) is 25.1 Å². The van der Waals surface area contributed by atoms with Gasteiger partial charge in [-0.1, -0.05) is 29.3 Å². The third-order valence-electron chi connectivity index (χ3n) is 3.89. The molecule has 0 atom stereocenters. The molecule has 0 bridgehead atoms. The zero-order valence-corrected chi connectivity index (χ0v) is 17.7. The second-order valence-electron chi connectivity index (χ2n) is 6.40. The minimum absolute atomic E-state index is 0.205. The summed E-state index contributed by atoms with van der Waals surface area (Å²) in [6.45, 7) is 5.74. The van der Waals surface area contributed by atoms with Crippen LogP contribution in [0.25, 0.3) is 0 Å². The molecule has 0 aliphatic heterocycles. The molecular formula is C21H23ClN4O4. The number of hydrazone groups is 1. The maximum absolute atomic E-state index is 12.1. The van der Waals surface area contributed by atoms with Gasteiger partial charge in [0.25, 0.3) is 5.91 Å². The number of ether oxygens (including phenoxy) is 1. The maximum Gasteiger partial charge on any atom is 0.329 e. The summed E-state index contributed by atoms with van der Waals surface area (Å²) in [4.78, 5) is 34.9. The standard InChI is InChI=1S/C21H23ClN4O4/c1-4-23-20(28)21(29)26-24-11-15-6-8-18(16(22)10-15)30-12-19(27)25-17-7-5-13(2)9-14(17)3/h5-11H,4,12H2,1-3H3,(H,23,28)(H,25,27)(H,26,29)/b24-11-. The molecule has 0 aliphatic rings. The summed E-state index contributed by atoms with van der Waals surface area (Å²) in [5.74, 6) is -1.61. The summed E-state index contributed by atoms with van der Waals surface area (Å²) in [7, 11) is 0. The highest BCUT2D eigenvalue weighted by molar-refractivity contribution is 6.35. The monoisotopic (exact) mass is 430 g/mol. The van der Waals surface area contributed by atoms with Crippen LogP contribution in [-0.2, 0) is 14.4 Å². The molecule has 8 nitrogen and oxygen atoms in total. The number of benzene rings is 2. The molecule has 0 saturated carbocycles. The summed E-state index contributed by atoms with van der Waals surface area (Å²) in [5, 5.41) is 9.13. The maximum atomic E-state index is 12.1. The second kappa shape index (κ2) is 11.0. The molecule has 0 fully saturated rings. The number of nitrogens with one attached hydrogen (secondary N) is 3. The molecule has 2 aromatic rings. The Kier molecular flexibility index (Phi) is 8.37. The normalized spacial score (nSPS) is 10.5. The Morgan fingerprint density at radius 3 is 2.53 bits per heavy atom. The van der Waals surface area contributed by atoms with Gasteiger partial charge in [0.15, 0.2) is 6.61 Å². The SMILES string of the molecule is CCNC(=O)C(=O)N/N=C\c1ccc(OCC(=O)Nc2ccc(C)cc2C)c(Cl)c1. The lowest BCUT2D eigenvalue weighted by molar-refractivity contribution is -0.139. The third-order valence-corrected chi connectivity index (χ3v) is 4.19. The van der Waals surface area contributed by atoms with Crippen LogP contribution in [0.2, 0.25) is 5.02 Å². The lowest BCUT2D eigenvalue weighted by atomic mass is 10.1. The van der Waals surface area contributed by atoms with Gasteiger partial charge in [0.05, 0.1) is 11.2 Å². The first-order valence-corrected chi connectivity index (χ1v) is 9.58. The lowest BCUT2D eigenvalue weighted by Gasteiger charge is -2.11. The molecule has 2 aromatic carbocycles. The largest absolute Gasteiger partial charge is 0.482 e. The van der Waals surface area contributed by atoms with Gasteiger partial charge in [-0.05, 0) is 56.2 Å². The van der Waals surface area contributed by atoms with Crippen molar-refractivity contribution in [2.24, 2.45) is 5.10 Å². The van der Waals surface area contributed by atoms with E-state index in [1.807, 2.05) is 32.0 Å². The van der Waals surface area contributed by atoms with Crippen molar-refractivity contribution in [2.75, 3.05) is 18.5 Å². The van der Waals surface area contributed by atoms with E-state index in [2.05, 4.69) is 21.2 Å². The van der Waals surface area contributed by atoms with Crippen molar-refractivity contribution in [3.63, 3.8) is 0 Å². The Bertz CT molecular complexity index is 975. The highest BCUT2D eigenvalue weighted by Crippen LogP contribution is 2.25. The van der Waals surface area contributed by atoms with Crippen molar-refractivity contribution in [3.8, 4) is 5.75 Å². The van der Waals surface area contributed by atoms with Crippen molar-refractivity contribution < 1.29 is 19.1 Å². The summed E-state index contributed by atoms with van der Waals surface area (Å²) in [6.07, 6.45) is 1.33. The average molecular weight is 431 g/mol. The molecule has 2 rings (SSSR count). The van der Waals surface area contributed by atoms with Crippen molar-refractivity contribution in [2.45, 2.75) is 20.8 Å². The molecule has 0 saturated heterocycles. The number of halogens is 1. The van der Waals surface area contributed by atoms with E-state index in [1.165, 1.54) is 6.21 Å². The van der Waals surface area contributed by atoms with E-state index in [0.717, 1.165) is 16.8 Å². The Morgan fingerprint density at radius 1 is 1.10 bits per heavy atom. The van der Waals surface area contributed by atoms with Crippen LogP contribution in [0.5, 0.6) is 5.75 Å². The van der Waals surface area contributed by atoms with E-state index in [-0.39, 0.29) is 17.5 Å². The number of aryl methyl sites for hydroxylation is 2. The molecule has 0 aliphatic carbocycles. The van der Waals surface area contributed by atoms with Crippen molar-refractivity contribution in [3.05, 3.63) is 58.1 Å². The van der Waals surface area contributed by atoms with Gasteiger partial charge < -0.3 is 15.4 Å². The zero-order valence-electron chi connectivity index (χ0n) is 16.9. The molecule has 0 unspecified atom stereocenters. The number of carbonyl (C=O) groups is 3. The first-order valence-electron chi connectivity index (χ1n) is 9.20. The number of nitrogens with zero attached hydrogens (tertiary/aromatic N) is 1. The van der Waals surface area contributed by atoms with Crippen LogP contribution in [0.4, 0.5) is 5.69 Å². The van der Waals surface area contributed by atoms with Gasteiger partial charge in [-0.25, -0.2) is 5.43 Å². The first-order chi connectivity index (χ1) is 14.3. The Balaban J connectivity index is 1.89. The lowest BCUT2D eigenvalue weighted by Crippen LogP contribution is -2.37. The van der Waals surface area contributed by atoms with Crippen LogP contribution in [-0.4, -0.2) is 37.1 Å². The number of hydrogen-bond donors (Lipinski definition) is 3. The molecule has 3 N–H and O–H groups in total. The smallest absolute Gasteiger partial charge is 0.329 e. The summed E-state index contributed by atoms with van der Waals surface area (Å²) in [6, 6.07) is 10.5. The second-order valence-corrected chi connectivity index (χ2v) is 6.81. The summed E-state index contributed by atoms with van der Waals surface area (Å²) in [5.41, 5.74) is 5.48. The van der Waals surface area contributed by atoms with Crippen LogP contribution in [0, 0.1) is 13.8 Å².